The lowest BCUT2D eigenvalue weighted by Gasteiger charge is -2.29. The van der Waals surface area contributed by atoms with Crippen LogP contribution in [0, 0.1) is 0 Å². The van der Waals surface area contributed by atoms with Crippen LogP contribution >= 0.6 is 0 Å². The van der Waals surface area contributed by atoms with E-state index in [4.69, 9.17) is 26.2 Å². The second-order valence-electron chi connectivity index (χ2n) is 1.75. The predicted octanol–water partition coefficient (Wildman–Crippen LogP) is -3.78. The molecule has 0 rings (SSSR count). The highest BCUT2D eigenvalue weighted by atomic mass is 16.6. The normalized spacial score (nSPS) is 14.0. The molecule has 0 radical (unpaired) electrons. The molecule has 0 spiro atoms. The van der Waals surface area contributed by atoms with Gasteiger partial charge in [0.05, 0.1) is 6.54 Å². The minimum atomic E-state index is -3.07. The van der Waals surface area contributed by atoms with Crippen molar-refractivity contribution in [1.82, 2.24) is 0 Å². The van der Waals surface area contributed by atoms with Gasteiger partial charge in [0.15, 0.2) is 0 Å². The summed E-state index contributed by atoms with van der Waals surface area (Å²) in [7, 11) is 0. The van der Waals surface area contributed by atoms with E-state index in [-0.39, 0.29) is 0 Å². The quantitative estimate of drug-likeness (QED) is 0.217. The minimum absolute atomic E-state index is 0.753. The van der Waals surface area contributed by atoms with Gasteiger partial charge in [0.1, 0.15) is 0 Å². The van der Waals surface area contributed by atoms with Crippen molar-refractivity contribution in [3.63, 3.8) is 0 Å². The molecule has 8 N–H and O–H groups in total. The Morgan fingerprint density at radius 1 is 1.11 bits per heavy atom. The van der Waals surface area contributed by atoms with E-state index < -0.39 is 18.2 Å². The number of aliphatic hydroxyl groups is 4. The standard InChI is InChI=1S/C3H10N2O4/c4-1-2(6,7)3(5,8)9/h6-9H,1,4-5H2. The van der Waals surface area contributed by atoms with E-state index in [1.54, 1.807) is 0 Å². The maximum absolute atomic E-state index is 8.47. The molecule has 0 saturated heterocycles. The molecule has 0 aliphatic carbocycles. The van der Waals surface area contributed by atoms with Crippen molar-refractivity contribution in [2.75, 3.05) is 6.54 Å². The van der Waals surface area contributed by atoms with Gasteiger partial charge in [0.25, 0.3) is 5.91 Å². The summed E-state index contributed by atoms with van der Waals surface area (Å²) >= 11 is 0. The van der Waals surface area contributed by atoms with Crippen LogP contribution in [0.15, 0.2) is 0 Å². The van der Waals surface area contributed by atoms with Gasteiger partial charge in [-0.2, -0.15) is 0 Å². The zero-order valence-corrected chi connectivity index (χ0v) is 4.65. The van der Waals surface area contributed by atoms with Gasteiger partial charge in [-0.1, -0.05) is 0 Å². The highest BCUT2D eigenvalue weighted by Crippen LogP contribution is 2.07. The Bertz CT molecular complexity index is 96.5. The Kier molecular flexibility index (Phi) is 2.12. The SMILES string of the molecule is NCC(O)(O)C(N)(O)O. The van der Waals surface area contributed by atoms with Crippen LogP contribution in [0.5, 0.6) is 0 Å². The van der Waals surface area contributed by atoms with Crippen molar-refractivity contribution in [2.24, 2.45) is 11.5 Å². The molecule has 0 aliphatic rings. The largest absolute Gasteiger partial charge is 0.359 e. The molecule has 0 aromatic rings. The third kappa shape index (κ3) is 1.86. The third-order valence-corrected chi connectivity index (χ3v) is 0.874. The third-order valence-electron chi connectivity index (χ3n) is 0.874. The van der Waals surface area contributed by atoms with E-state index in [1.807, 2.05) is 0 Å². The molecule has 0 aromatic heterocycles. The van der Waals surface area contributed by atoms with Crippen LogP contribution in [0.2, 0.25) is 0 Å². The van der Waals surface area contributed by atoms with Gasteiger partial charge in [0.2, 0.25) is 5.79 Å². The Labute approximate surface area is 51.3 Å². The van der Waals surface area contributed by atoms with Crippen molar-refractivity contribution in [2.45, 2.75) is 11.7 Å². The maximum atomic E-state index is 8.47. The van der Waals surface area contributed by atoms with Crippen LogP contribution in [0.4, 0.5) is 0 Å². The fraction of sp³-hybridized carbons (Fsp3) is 1.00. The molecule has 0 fully saturated rings. The summed E-state index contributed by atoms with van der Waals surface area (Å²) in [6.45, 7) is -0.753. The van der Waals surface area contributed by atoms with Crippen LogP contribution in [0.25, 0.3) is 0 Å². The second-order valence-corrected chi connectivity index (χ2v) is 1.75. The summed E-state index contributed by atoms with van der Waals surface area (Å²) in [5, 5.41) is 33.5. The zero-order valence-electron chi connectivity index (χ0n) is 4.65. The molecule has 0 atom stereocenters. The first-order valence-corrected chi connectivity index (χ1v) is 2.19. The molecule has 0 bridgehead atoms. The van der Waals surface area contributed by atoms with Crippen molar-refractivity contribution in [3.05, 3.63) is 0 Å². The Morgan fingerprint density at radius 3 is 1.44 bits per heavy atom. The first-order chi connectivity index (χ1) is 3.81. The van der Waals surface area contributed by atoms with Gasteiger partial charge in [-0.25, -0.2) is 0 Å². The highest BCUT2D eigenvalue weighted by molar-refractivity contribution is 4.76. The van der Waals surface area contributed by atoms with E-state index >= 15 is 0 Å². The molecule has 6 nitrogen and oxygen atoms in total. The summed E-state index contributed by atoms with van der Waals surface area (Å²) in [6.07, 6.45) is 0. The summed E-state index contributed by atoms with van der Waals surface area (Å²) in [4.78, 5) is 0. The van der Waals surface area contributed by atoms with E-state index in [0.29, 0.717) is 0 Å². The van der Waals surface area contributed by atoms with Gasteiger partial charge in [-0.3, -0.25) is 5.73 Å². The lowest BCUT2D eigenvalue weighted by atomic mass is 10.2. The maximum Gasteiger partial charge on any atom is 0.277 e. The topological polar surface area (TPSA) is 133 Å². The molecular weight excluding hydrogens is 128 g/mol. The average molecular weight is 138 g/mol. The Morgan fingerprint density at radius 2 is 1.44 bits per heavy atom. The van der Waals surface area contributed by atoms with Crippen LogP contribution in [0.1, 0.15) is 0 Å². The molecule has 0 aromatic carbocycles. The van der Waals surface area contributed by atoms with Crippen LogP contribution in [0.3, 0.4) is 0 Å². The number of nitrogens with two attached hydrogens (primary N) is 2. The smallest absolute Gasteiger partial charge is 0.277 e. The Hall–Kier alpha value is -0.240. The molecule has 0 heterocycles. The molecule has 9 heavy (non-hydrogen) atoms. The monoisotopic (exact) mass is 138 g/mol. The van der Waals surface area contributed by atoms with Crippen LogP contribution in [-0.2, 0) is 0 Å². The van der Waals surface area contributed by atoms with Gasteiger partial charge in [0, 0.05) is 0 Å². The zero-order chi connectivity index (χ0) is 7.71. The fourth-order valence-corrected chi connectivity index (χ4v) is 0.150. The van der Waals surface area contributed by atoms with Crippen molar-refractivity contribution in [1.29, 1.82) is 0 Å². The lowest BCUT2D eigenvalue weighted by molar-refractivity contribution is -0.348. The molecule has 56 valence electrons. The fourth-order valence-electron chi connectivity index (χ4n) is 0.150. The lowest BCUT2D eigenvalue weighted by Crippen LogP contribution is -2.64. The average Bonchev–Trinajstić information content (AvgIpc) is 1.64. The van der Waals surface area contributed by atoms with E-state index in [1.165, 1.54) is 0 Å². The second kappa shape index (κ2) is 2.18. The molecule has 0 amide bonds. The van der Waals surface area contributed by atoms with Crippen LogP contribution < -0.4 is 11.5 Å². The molecular formula is C3H10N2O4. The summed E-state index contributed by atoms with van der Waals surface area (Å²) < 4.78 is 0. The van der Waals surface area contributed by atoms with E-state index in [9.17, 15) is 0 Å². The minimum Gasteiger partial charge on any atom is -0.359 e. The van der Waals surface area contributed by atoms with Crippen molar-refractivity contribution in [3.8, 4) is 0 Å². The molecule has 0 unspecified atom stereocenters. The predicted molar refractivity (Wildman–Crippen MR) is 27.6 cm³/mol. The van der Waals surface area contributed by atoms with Gasteiger partial charge < -0.3 is 26.2 Å². The molecule has 0 saturated carbocycles. The van der Waals surface area contributed by atoms with Crippen molar-refractivity contribution < 1.29 is 20.4 Å². The number of rotatable bonds is 2. The van der Waals surface area contributed by atoms with E-state index in [2.05, 4.69) is 5.73 Å². The summed E-state index contributed by atoms with van der Waals surface area (Å²) in [5.74, 6) is -5.92. The Balaban J connectivity index is 4.14. The highest BCUT2D eigenvalue weighted by Gasteiger charge is 2.42. The molecule has 6 heteroatoms. The van der Waals surface area contributed by atoms with E-state index in [0.717, 1.165) is 0 Å². The van der Waals surface area contributed by atoms with Crippen molar-refractivity contribution >= 4 is 0 Å². The summed E-state index contributed by atoms with van der Waals surface area (Å²) in [5.41, 5.74) is 9.15. The summed E-state index contributed by atoms with van der Waals surface area (Å²) in [6, 6.07) is 0. The number of hydrogen-bond acceptors (Lipinski definition) is 6. The number of hydrogen-bond donors (Lipinski definition) is 6. The first-order valence-electron chi connectivity index (χ1n) is 2.19. The van der Waals surface area contributed by atoms with Crippen LogP contribution in [-0.4, -0.2) is 38.7 Å². The molecule has 0 aliphatic heterocycles. The van der Waals surface area contributed by atoms with Gasteiger partial charge >= 0.3 is 0 Å². The van der Waals surface area contributed by atoms with Gasteiger partial charge in [-0.15, -0.1) is 0 Å². The van der Waals surface area contributed by atoms with Gasteiger partial charge in [-0.05, 0) is 0 Å². The first kappa shape index (κ1) is 8.76.